The Morgan fingerprint density at radius 3 is 2.72 bits per heavy atom. The SMILES string of the molecule is O=S(=O)(CCN(Cc1cccs1)CC1CCCO1)Oc1ccccc1. The predicted octanol–water partition coefficient (Wildman–Crippen LogP) is 3.14. The third kappa shape index (κ3) is 6.11. The lowest BCUT2D eigenvalue weighted by Crippen LogP contribution is -2.36. The highest BCUT2D eigenvalue weighted by atomic mass is 32.2. The molecule has 25 heavy (non-hydrogen) atoms. The normalized spacial score (nSPS) is 17.9. The van der Waals surface area contributed by atoms with Crippen LogP contribution in [-0.4, -0.2) is 44.9 Å². The van der Waals surface area contributed by atoms with E-state index in [4.69, 9.17) is 8.92 Å². The number of thiophene rings is 1. The zero-order valence-electron chi connectivity index (χ0n) is 14.0. The van der Waals surface area contributed by atoms with E-state index in [0.717, 1.165) is 32.5 Å². The van der Waals surface area contributed by atoms with E-state index in [-0.39, 0.29) is 11.9 Å². The highest BCUT2D eigenvalue weighted by Gasteiger charge is 2.22. The van der Waals surface area contributed by atoms with E-state index >= 15 is 0 Å². The van der Waals surface area contributed by atoms with Crippen molar-refractivity contribution in [1.82, 2.24) is 4.90 Å². The Morgan fingerprint density at radius 2 is 2.04 bits per heavy atom. The maximum absolute atomic E-state index is 12.3. The fourth-order valence-corrected chi connectivity index (χ4v) is 4.56. The monoisotopic (exact) mass is 381 g/mol. The van der Waals surface area contributed by atoms with E-state index in [1.54, 1.807) is 35.6 Å². The van der Waals surface area contributed by atoms with Gasteiger partial charge in [0.05, 0.1) is 11.9 Å². The third-order valence-corrected chi connectivity index (χ3v) is 6.06. The number of ether oxygens (including phenoxy) is 1. The molecule has 2 aromatic rings. The summed E-state index contributed by atoms with van der Waals surface area (Å²) in [7, 11) is -3.62. The third-order valence-electron chi connectivity index (χ3n) is 4.07. The second-order valence-corrected chi connectivity index (χ2v) is 8.83. The number of benzene rings is 1. The Bertz CT molecular complexity index is 726. The van der Waals surface area contributed by atoms with Crippen LogP contribution in [0, 0.1) is 0 Å². The summed E-state index contributed by atoms with van der Waals surface area (Å²) in [5.74, 6) is 0.312. The molecule has 5 nitrogen and oxygen atoms in total. The highest BCUT2D eigenvalue weighted by Crippen LogP contribution is 2.18. The average molecular weight is 382 g/mol. The summed E-state index contributed by atoms with van der Waals surface area (Å²) in [5.41, 5.74) is 0. The summed E-state index contributed by atoms with van der Waals surface area (Å²) in [6, 6.07) is 12.7. The van der Waals surface area contributed by atoms with Crippen LogP contribution in [0.2, 0.25) is 0 Å². The summed E-state index contributed by atoms with van der Waals surface area (Å²) in [5, 5.41) is 2.04. The van der Waals surface area contributed by atoms with Gasteiger partial charge < -0.3 is 8.92 Å². The van der Waals surface area contributed by atoms with Gasteiger partial charge in [-0.1, -0.05) is 24.3 Å². The van der Waals surface area contributed by atoms with E-state index in [2.05, 4.69) is 11.0 Å². The molecule has 0 saturated carbocycles. The molecular formula is C18H23NO4S2. The molecule has 1 aromatic heterocycles. The first-order valence-corrected chi connectivity index (χ1v) is 10.9. The molecule has 1 aliphatic heterocycles. The Balaban J connectivity index is 1.58. The van der Waals surface area contributed by atoms with Crippen molar-refractivity contribution in [3.05, 3.63) is 52.7 Å². The molecule has 0 N–H and O–H groups in total. The molecule has 0 radical (unpaired) electrons. The number of nitrogens with zero attached hydrogens (tertiary/aromatic N) is 1. The van der Waals surface area contributed by atoms with Crippen LogP contribution >= 0.6 is 11.3 Å². The van der Waals surface area contributed by atoms with E-state index < -0.39 is 10.1 Å². The van der Waals surface area contributed by atoms with E-state index in [9.17, 15) is 8.42 Å². The fraction of sp³-hybridized carbons (Fsp3) is 0.444. The lowest BCUT2D eigenvalue weighted by atomic mass is 10.2. The molecule has 0 amide bonds. The van der Waals surface area contributed by atoms with Gasteiger partial charge in [-0.3, -0.25) is 4.90 Å². The van der Waals surface area contributed by atoms with Gasteiger partial charge in [0.2, 0.25) is 0 Å². The topological polar surface area (TPSA) is 55.8 Å². The number of para-hydroxylation sites is 1. The Morgan fingerprint density at radius 1 is 1.20 bits per heavy atom. The van der Waals surface area contributed by atoms with Crippen molar-refractivity contribution in [2.75, 3.05) is 25.4 Å². The minimum atomic E-state index is -3.62. The van der Waals surface area contributed by atoms with Gasteiger partial charge in [0.15, 0.2) is 0 Å². The van der Waals surface area contributed by atoms with Crippen molar-refractivity contribution in [1.29, 1.82) is 0 Å². The second kappa shape index (κ2) is 8.80. The van der Waals surface area contributed by atoms with Gasteiger partial charge in [0, 0.05) is 31.1 Å². The smallest absolute Gasteiger partial charge is 0.310 e. The maximum atomic E-state index is 12.3. The van der Waals surface area contributed by atoms with Gasteiger partial charge >= 0.3 is 10.1 Å². The Labute approximate surface area is 153 Å². The van der Waals surface area contributed by atoms with Gasteiger partial charge in [-0.2, -0.15) is 8.42 Å². The molecule has 1 unspecified atom stereocenters. The zero-order chi connectivity index (χ0) is 17.5. The molecule has 3 rings (SSSR count). The van der Waals surface area contributed by atoms with Crippen LogP contribution in [0.1, 0.15) is 17.7 Å². The van der Waals surface area contributed by atoms with Crippen molar-refractivity contribution >= 4 is 21.5 Å². The van der Waals surface area contributed by atoms with Crippen LogP contribution in [-0.2, 0) is 21.4 Å². The molecule has 0 bridgehead atoms. The molecule has 7 heteroatoms. The van der Waals surface area contributed by atoms with Crippen molar-refractivity contribution in [3.8, 4) is 5.75 Å². The molecule has 1 aliphatic rings. The summed E-state index contributed by atoms with van der Waals surface area (Å²) in [4.78, 5) is 3.37. The lowest BCUT2D eigenvalue weighted by Gasteiger charge is -2.24. The first-order chi connectivity index (χ1) is 12.1. The Hall–Kier alpha value is -1.41. The summed E-state index contributed by atoms with van der Waals surface area (Å²) in [6.07, 6.45) is 2.30. The standard InChI is InChI=1S/C18H23NO4S2/c20-25(21,23-16-6-2-1-3-7-16)13-10-19(14-17-8-4-11-22-17)15-18-9-5-12-24-18/h1-3,5-7,9,12,17H,4,8,10-11,13-15H2. The van der Waals surface area contributed by atoms with Crippen molar-refractivity contribution in [2.45, 2.75) is 25.5 Å². The van der Waals surface area contributed by atoms with Crippen molar-refractivity contribution in [3.63, 3.8) is 0 Å². The van der Waals surface area contributed by atoms with E-state index in [0.29, 0.717) is 12.3 Å². The molecule has 0 aliphatic carbocycles. The van der Waals surface area contributed by atoms with E-state index in [1.807, 2.05) is 17.5 Å². The van der Waals surface area contributed by atoms with Crippen LogP contribution in [0.25, 0.3) is 0 Å². The molecule has 1 fully saturated rings. The van der Waals surface area contributed by atoms with E-state index in [1.165, 1.54) is 4.88 Å². The average Bonchev–Trinajstić information content (AvgIpc) is 3.27. The maximum Gasteiger partial charge on any atom is 0.310 e. The van der Waals surface area contributed by atoms with Crippen molar-refractivity contribution in [2.24, 2.45) is 0 Å². The van der Waals surface area contributed by atoms with Crippen LogP contribution in [0.4, 0.5) is 0 Å². The highest BCUT2D eigenvalue weighted by molar-refractivity contribution is 7.87. The zero-order valence-corrected chi connectivity index (χ0v) is 15.7. The van der Waals surface area contributed by atoms with Crippen LogP contribution < -0.4 is 4.18 Å². The first-order valence-electron chi connectivity index (χ1n) is 8.44. The number of rotatable bonds is 9. The molecule has 1 saturated heterocycles. The summed E-state index contributed by atoms with van der Waals surface area (Å²) < 4.78 is 35.4. The Kier molecular flexibility index (Phi) is 6.47. The molecule has 1 atom stereocenters. The molecular weight excluding hydrogens is 358 g/mol. The predicted molar refractivity (Wildman–Crippen MR) is 99.4 cm³/mol. The van der Waals surface area contributed by atoms with Gasteiger partial charge in [0.25, 0.3) is 0 Å². The van der Waals surface area contributed by atoms with Gasteiger partial charge in [-0.25, -0.2) is 0 Å². The van der Waals surface area contributed by atoms with Crippen LogP contribution in [0.3, 0.4) is 0 Å². The first kappa shape index (κ1) is 18.4. The quantitative estimate of drug-likeness (QED) is 0.625. The molecule has 1 aromatic carbocycles. The molecule has 2 heterocycles. The van der Waals surface area contributed by atoms with Gasteiger partial charge in [-0.15, -0.1) is 11.3 Å². The van der Waals surface area contributed by atoms with Crippen LogP contribution in [0.5, 0.6) is 5.75 Å². The second-order valence-electron chi connectivity index (χ2n) is 6.11. The fourth-order valence-electron chi connectivity index (χ4n) is 2.84. The minimum absolute atomic E-state index is 0.0417. The summed E-state index contributed by atoms with van der Waals surface area (Å²) >= 11 is 1.68. The minimum Gasteiger partial charge on any atom is -0.382 e. The lowest BCUT2D eigenvalue weighted by molar-refractivity contribution is 0.0729. The largest absolute Gasteiger partial charge is 0.382 e. The molecule has 136 valence electrons. The number of hydrogen-bond donors (Lipinski definition) is 0. The molecule has 0 spiro atoms. The summed E-state index contributed by atoms with van der Waals surface area (Å²) in [6.45, 7) is 2.71. The van der Waals surface area contributed by atoms with Gasteiger partial charge in [0.1, 0.15) is 5.75 Å². The van der Waals surface area contributed by atoms with Crippen LogP contribution in [0.15, 0.2) is 47.8 Å². The van der Waals surface area contributed by atoms with Crippen molar-refractivity contribution < 1.29 is 17.3 Å². The van der Waals surface area contributed by atoms with Gasteiger partial charge in [-0.05, 0) is 36.4 Å². The number of hydrogen-bond acceptors (Lipinski definition) is 6.